The molecule has 0 aliphatic heterocycles. The average Bonchev–Trinajstić information content (AvgIpc) is 2.43. The third-order valence-electron chi connectivity index (χ3n) is 1.26. The molecule has 0 atom stereocenters. The van der Waals surface area contributed by atoms with E-state index in [0.29, 0.717) is 10.3 Å². The van der Waals surface area contributed by atoms with E-state index in [-0.39, 0.29) is 27.4 Å². The third-order valence-corrected chi connectivity index (χ3v) is 1.70. The van der Waals surface area contributed by atoms with Crippen LogP contribution in [0.4, 0.5) is 0 Å². The second-order valence-electron chi connectivity index (χ2n) is 2.49. The zero-order chi connectivity index (χ0) is 15.6. The predicted octanol–water partition coefficient (Wildman–Crippen LogP) is 2.94. The standard InChI is InChI=1S/2C5H4ClN.2CNS.Ni.2H2O/c2*6-5-3-1-2-4-7-5;2*2-1-3;;;/h2*1-4H;;;;2*1H2/q;;2*-1;+2;;/p+2. The van der Waals surface area contributed by atoms with E-state index >= 15 is 0 Å². The van der Waals surface area contributed by atoms with Crippen LogP contribution in [-0.2, 0) is 27.4 Å². The molecule has 0 saturated carbocycles. The van der Waals surface area contributed by atoms with Gasteiger partial charge in [-0.1, -0.05) is 59.8 Å². The Labute approximate surface area is 164 Å². The van der Waals surface area contributed by atoms with Crippen molar-refractivity contribution in [1.82, 2.24) is 9.97 Å². The molecule has 0 spiro atoms. The first kappa shape index (κ1) is 33.5. The van der Waals surface area contributed by atoms with Gasteiger partial charge in [0.2, 0.25) is 0 Å². The van der Waals surface area contributed by atoms with E-state index < -0.39 is 0 Å². The van der Waals surface area contributed by atoms with Crippen LogP contribution in [0.15, 0.2) is 48.8 Å². The van der Waals surface area contributed by atoms with E-state index in [1.54, 1.807) is 24.5 Å². The molecule has 6 nitrogen and oxygen atoms in total. The SMILES string of the molecule is Clc1ccccn1.Clc1ccccn1.[N-]=C=S.[N-]=C=S.[Ni+2].[OH3+].[OH3+]. The van der Waals surface area contributed by atoms with Crippen molar-refractivity contribution in [2.24, 2.45) is 0 Å². The molecule has 2 aromatic rings. The first-order valence-electron chi connectivity index (χ1n) is 4.77. The monoisotopic (exact) mass is 438 g/mol. The molecule has 11 heteroatoms. The van der Waals surface area contributed by atoms with Crippen molar-refractivity contribution < 1.29 is 27.4 Å². The maximum Gasteiger partial charge on any atom is 2.00 e. The number of thiocarbonyl (C=S) groups is 2. The molecule has 0 saturated heterocycles. The molecule has 0 unspecified atom stereocenters. The van der Waals surface area contributed by atoms with Crippen LogP contribution in [0.1, 0.15) is 0 Å². The number of aromatic nitrogens is 2. The fourth-order valence-electron chi connectivity index (χ4n) is 0.684. The molecule has 0 bridgehead atoms. The Bertz CT molecular complexity index is 478. The number of isothiocyanates is 2. The molecule has 2 aromatic heterocycles. The van der Waals surface area contributed by atoms with Crippen LogP contribution < -0.4 is 0 Å². The van der Waals surface area contributed by atoms with Gasteiger partial charge in [0.15, 0.2) is 0 Å². The van der Waals surface area contributed by atoms with Crippen LogP contribution in [0.5, 0.6) is 0 Å². The molecule has 0 amide bonds. The average molecular weight is 440 g/mol. The normalized spacial score (nSPS) is 6.00. The van der Waals surface area contributed by atoms with Gasteiger partial charge in [0.25, 0.3) is 0 Å². The molecule has 0 aliphatic carbocycles. The summed E-state index contributed by atoms with van der Waals surface area (Å²) in [6.45, 7) is 0. The summed E-state index contributed by atoms with van der Waals surface area (Å²) in [4.78, 5) is 7.49. The summed E-state index contributed by atoms with van der Waals surface area (Å²) in [6, 6.07) is 10.8. The number of nitrogens with zero attached hydrogens (tertiary/aromatic N) is 4. The Morgan fingerprint density at radius 3 is 1.13 bits per heavy atom. The minimum absolute atomic E-state index is 0. The van der Waals surface area contributed by atoms with Crippen LogP contribution in [0.2, 0.25) is 10.3 Å². The smallest absolute Gasteiger partial charge is 0.753 e. The molecular weight excluding hydrogens is 426 g/mol. The van der Waals surface area contributed by atoms with Gasteiger partial charge in [0.05, 0.1) is 0 Å². The Hall–Kier alpha value is -1.11. The molecule has 2 rings (SSSR count). The molecule has 6 N–H and O–H groups in total. The van der Waals surface area contributed by atoms with Gasteiger partial charge in [-0.2, -0.15) is 10.3 Å². The Morgan fingerprint density at radius 2 is 1.04 bits per heavy atom. The van der Waals surface area contributed by atoms with Gasteiger partial charge in [0, 0.05) is 12.4 Å². The first-order valence-corrected chi connectivity index (χ1v) is 6.35. The van der Waals surface area contributed by atoms with Crippen molar-refractivity contribution in [3.63, 3.8) is 0 Å². The maximum atomic E-state index is 7.13. The topological polar surface area (TPSA) is 136 Å². The van der Waals surface area contributed by atoms with Gasteiger partial charge in [-0.3, -0.25) is 0 Å². The van der Waals surface area contributed by atoms with Crippen molar-refractivity contribution in [3.05, 3.63) is 69.9 Å². The third kappa shape index (κ3) is 33.6. The summed E-state index contributed by atoms with van der Waals surface area (Å²) in [5, 5.41) is 18.0. The Balaban J connectivity index is -0.0000000645. The van der Waals surface area contributed by atoms with E-state index in [1.807, 2.05) is 24.3 Å². The second kappa shape index (κ2) is 29.0. The fourth-order valence-corrected chi connectivity index (χ4v) is 0.942. The van der Waals surface area contributed by atoms with Crippen molar-refractivity contribution in [3.8, 4) is 0 Å². The van der Waals surface area contributed by atoms with E-state index in [9.17, 15) is 0 Å². The van der Waals surface area contributed by atoms with E-state index in [4.69, 9.17) is 34.0 Å². The molecule has 0 fully saturated rings. The summed E-state index contributed by atoms with van der Waals surface area (Å²) >= 11 is 18.3. The predicted molar refractivity (Wildman–Crippen MR) is 100 cm³/mol. The van der Waals surface area contributed by atoms with Crippen LogP contribution >= 0.6 is 47.6 Å². The van der Waals surface area contributed by atoms with Crippen LogP contribution in [0.3, 0.4) is 0 Å². The fraction of sp³-hybridized carbons (Fsp3) is 0. The zero-order valence-electron chi connectivity index (χ0n) is 11.5. The van der Waals surface area contributed by atoms with E-state index in [1.165, 1.54) is 10.3 Å². The van der Waals surface area contributed by atoms with Crippen molar-refractivity contribution >= 4 is 58.0 Å². The van der Waals surface area contributed by atoms with E-state index in [0.717, 1.165) is 0 Å². The van der Waals surface area contributed by atoms with Gasteiger partial charge in [0.1, 0.15) is 10.3 Å². The van der Waals surface area contributed by atoms with E-state index in [2.05, 4.69) is 34.4 Å². The quantitative estimate of drug-likeness (QED) is 0.205. The van der Waals surface area contributed by atoms with Crippen molar-refractivity contribution in [2.45, 2.75) is 0 Å². The maximum absolute atomic E-state index is 7.13. The largest absolute Gasteiger partial charge is 2.00 e. The number of pyridine rings is 2. The van der Waals surface area contributed by atoms with Gasteiger partial charge in [-0.05, 0) is 24.3 Å². The Kier molecular flexibility index (Phi) is 42.2. The van der Waals surface area contributed by atoms with Crippen LogP contribution in [-0.4, -0.2) is 20.3 Å². The summed E-state index contributed by atoms with van der Waals surface area (Å²) in [7, 11) is 0. The molecule has 0 aromatic carbocycles. The molecule has 0 aliphatic rings. The molecule has 2 heterocycles. The van der Waals surface area contributed by atoms with Crippen LogP contribution in [0, 0.1) is 0 Å². The Morgan fingerprint density at radius 1 is 0.783 bits per heavy atom. The molecular formula is C12H14Cl2N4NiO2S2+2. The molecule has 23 heavy (non-hydrogen) atoms. The van der Waals surface area contributed by atoms with Gasteiger partial charge in [-0.15, -0.1) is 0 Å². The summed E-state index contributed by atoms with van der Waals surface area (Å²) in [5.41, 5.74) is 0. The minimum atomic E-state index is 0. The zero-order valence-corrected chi connectivity index (χ0v) is 15.6. The van der Waals surface area contributed by atoms with Gasteiger partial charge in [-0.25, -0.2) is 9.97 Å². The summed E-state index contributed by atoms with van der Waals surface area (Å²) in [5.74, 6) is 0. The minimum Gasteiger partial charge on any atom is -0.753 e. The van der Waals surface area contributed by atoms with Gasteiger partial charge >= 0.3 is 16.5 Å². The first-order chi connectivity index (χ1) is 9.62. The van der Waals surface area contributed by atoms with Gasteiger partial charge < -0.3 is 21.8 Å². The number of halogens is 2. The number of hydrogen-bond acceptors (Lipinski definition) is 4. The molecule has 128 valence electrons. The molecule has 0 radical (unpaired) electrons. The van der Waals surface area contributed by atoms with Crippen LogP contribution in [0.25, 0.3) is 10.8 Å². The second-order valence-corrected chi connectivity index (χ2v) is 3.63. The number of hydrogen-bond donors (Lipinski definition) is 0. The number of rotatable bonds is 0. The summed E-state index contributed by atoms with van der Waals surface area (Å²) < 4.78 is 0. The van der Waals surface area contributed by atoms with Crippen molar-refractivity contribution in [1.29, 1.82) is 0 Å². The van der Waals surface area contributed by atoms with Crippen molar-refractivity contribution in [2.75, 3.05) is 0 Å². The summed E-state index contributed by atoms with van der Waals surface area (Å²) in [6.07, 6.45) is 3.31.